The first-order chi connectivity index (χ1) is 9.51. The Bertz CT molecular complexity index is 637. The van der Waals surface area contributed by atoms with Crippen LogP contribution in [0, 0.1) is 11.6 Å². The molecule has 0 spiro atoms. The largest absolute Gasteiger partial charge is 0.454 e. The molecule has 0 heterocycles. The molecule has 0 aromatic heterocycles. The van der Waals surface area contributed by atoms with Gasteiger partial charge in [-0.05, 0) is 36.9 Å². The number of benzene rings is 2. The van der Waals surface area contributed by atoms with Gasteiger partial charge in [-0.2, -0.15) is 4.39 Å². The van der Waals surface area contributed by atoms with E-state index in [1.165, 1.54) is 6.07 Å². The minimum Gasteiger partial charge on any atom is -0.454 e. The van der Waals surface area contributed by atoms with Crippen molar-refractivity contribution in [3.05, 3.63) is 57.0 Å². The fourth-order valence-electron chi connectivity index (χ4n) is 1.66. The second kappa shape index (κ2) is 6.52. The monoisotopic (exact) mass is 361 g/mol. The number of ether oxygens (including phenoxy) is 1. The van der Waals surface area contributed by atoms with Gasteiger partial charge in [0.05, 0.1) is 0 Å². The highest BCUT2D eigenvalue weighted by Gasteiger charge is 2.13. The van der Waals surface area contributed by atoms with Gasteiger partial charge in [-0.25, -0.2) is 4.39 Å². The van der Waals surface area contributed by atoms with Crippen LogP contribution in [0.2, 0.25) is 5.02 Å². The van der Waals surface area contributed by atoms with E-state index in [1.54, 1.807) is 25.2 Å². The summed E-state index contributed by atoms with van der Waals surface area (Å²) in [5.41, 5.74) is 0.891. The van der Waals surface area contributed by atoms with E-state index < -0.39 is 11.6 Å². The third-order valence-electron chi connectivity index (χ3n) is 2.58. The van der Waals surface area contributed by atoms with Crippen LogP contribution < -0.4 is 10.1 Å². The molecule has 6 heteroatoms. The SMILES string of the molecule is CNCc1ccc(Oc2cc(Br)cc(F)c2F)cc1Cl. The fourth-order valence-corrected chi connectivity index (χ4v) is 2.31. The Labute approximate surface area is 128 Å². The summed E-state index contributed by atoms with van der Waals surface area (Å²) in [6.07, 6.45) is 0. The normalized spacial score (nSPS) is 10.7. The Kier molecular flexibility index (Phi) is 4.96. The molecule has 2 aromatic carbocycles. The van der Waals surface area contributed by atoms with Crippen LogP contribution in [-0.2, 0) is 6.54 Å². The van der Waals surface area contributed by atoms with Gasteiger partial charge in [0.2, 0.25) is 5.82 Å². The lowest BCUT2D eigenvalue weighted by atomic mass is 10.2. The van der Waals surface area contributed by atoms with E-state index in [1.807, 2.05) is 0 Å². The average molecular weight is 363 g/mol. The molecule has 0 aliphatic heterocycles. The number of rotatable bonds is 4. The van der Waals surface area contributed by atoms with E-state index in [0.29, 0.717) is 21.8 Å². The first-order valence-corrected chi connectivity index (χ1v) is 6.93. The van der Waals surface area contributed by atoms with Crippen molar-refractivity contribution in [2.75, 3.05) is 7.05 Å². The zero-order valence-electron chi connectivity index (χ0n) is 10.5. The van der Waals surface area contributed by atoms with Crippen LogP contribution in [0.5, 0.6) is 11.5 Å². The summed E-state index contributed by atoms with van der Waals surface area (Å²) < 4.78 is 32.6. The predicted molar refractivity (Wildman–Crippen MR) is 78.3 cm³/mol. The standard InChI is InChI=1S/C14H11BrClF2NO/c1-19-7-8-2-3-10(6-11(8)16)20-13-5-9(15)4-12(17)14(13)18/h2-6,19H,7H2,1H3. The lowest BCUT2D eigenvalue weighted by molar-refractivity contribution is 0.415. The van der Waals surface area contributed by atoms with Crippen LogP contribution in [0.1, 0.15) is 5.56 Å². The average Bonchev–Trinajstić information content (AvgIpc) is 2.39. The molecule has 106 valence electrons. The second-order valence-corrected chi connectivity index (χ2v) is 5.41. The third-order valence-corrected chi connectivity index (χ3v) is 3.39. The third kappa shape index (κ3) is 3.48. The molecular weight excluding hydrogens is 352 g/mol. The Morgan fingerprint density at radius 3 is 2.65 bits per heavy atom. The van der Waals surface area contributed by atoms with Gasteiger partial charge >= 0.3 is 0 Å². The van der Waals surface area contributed by atoms with E-state index >= 15 is 0 Å². The molecule has 20 heavy (non-hydrogen) atoms. The highest BCUT2D eigenvalue weighted by Crippen LogP contribution is 2.31. The molecule has 0 saturated heterocycles. The van der Waals surface area contributed by atoms with Gasteiger partial charge < -0.3 is 10.1 Å². The summed E-state index contributed by atoms with van der Waals surface area (Å²) >= 11 is 9.17. The molecule has 2 nitrogen and oxygen atoms in total. The van der Waals surface area contributed by atoms with Crippen molar-refractivity contribution in [1.82, 2.24) is 5.32 Å². The van der Waals surface area contributed by atoms with E-state index in [0.717, 1.165) is 11.6 Å². The van der Waals surface area contributed by atoms with E-state index in [-0.39, 0.29) is 5.75 Å². The smallest absolute Gasteiger partial charge is 0.201 e. The molecule has 0 amide bonds. The van der Waals surface area contributed by atoms with Crippen LogP contribution in [-0.4, -0.2) is 7.05 Å². The molecule has 2 aromatic rings. The quantitative estimate of drug-likeness (QED) is 0.782. The second-order valence-electron chi connectivity index (χ2n) is 4.09. The van der Waals surface area contributed by atoms with Crippen molar-refractivity contribution in [2.45, 2.75) is 6.54 Å². The van der Waals surface area contributed by atoms with Crippen molar-refractivity contribution in [3.8, 4) is 11.5 Å². The molecule has 0 atom stereocenters. The summed E-state index contributed by atoms with van der Waals surface area (Å²) in [6, 6.07) is 7.36. The minimum atomic E-state index is -1.04. The van der Waals surface area contributed by atoms with Crippen LogP contribution in [0.3, 0.4) is 0 Å². The molecule has 0 fully saturated rings. The van der Waals surface area contributed by atoms with E-state index in [4.69, 9.17) is 16.3 Å². The lowest BCUT2D eigenvalue weighted by Crippen LogP contribution is -2.05. The lowest BCUT2D eigenvalue weighted by Gasteiger charge is -2.10. The summed E-state index contributed by atoms with van der Waals surface area (Å²) in [5.74, 6) is -1.88. The summed E-state index contributed by atoms with van der Waals surface area (Å²) in [6.45, 7) is 0.610. The maximum absolute atomic E-state index is 13.6. The molecule has 0 aliphatic rings. The number of hydrogen-bond acceptors (Lipinski definition) is 2. The highest BCUT2D eigenvalue weighted by molar-refractivity contribution is 9.10. The topological polar surface area (TPSA) is 21.3 Å². The van der Waals surface area contributed by atoms with Crippen LogP contribution in [0.15, 0.2) is 34.8 Å². The first-order valence-electron chi connectivity index (χ1n) is 5.76. The Morgan fingerprint density at radius 2 is 2.00 bits per heavy atom. The molecule has 0 unspecified atom stereocenters. The number of nitrogens with one attached hydrogen (secondary N) is 1. The van der Waals surface area contributed by atoms with Crippen molar-refractivity contribution < 1.29 is 13.5 Å². The zero-order valence-corrected chi connectivity index (χ0v) is 12.9. The molecular formula is C14H11BrClF2NO. The van der Waals surface area contributed by atoms with Gasteiger partial charge in [0, 0.05) is 16.0 Å². The van der Waals surface area contributed by atoms with Gasteiger partial charge in [0.25, 0.3) is 0 Å². The van der Waals surface area contributed by atoms with E-state index in [2.05, 4.69) is 21.2 Å². The van der Waals surface area contributed by atoms with Gasteiger partial charge in [-0.15, -0.1) is 0 Å². The molecule has 0 bridgehead atoms. The molecule has 0 saturated carbocycles. The fraction of sp³-hybridized carbons (Fsp3) is 0.143. The Hall–Kier alpha value is -1.17. The molecule has 0 radical (unpaired) electrons. The molecule has 0 aliphatic carbocycles. The minimum absolute atomic E-state index is 0.200. The Morgan fingerprint density at radius 1 is 1.25 bits per heavy atom. The molecule has 1 N–H and O–H groups in total. The number of hydrogen-bond donors (Lipinski definition) is 1. The Balaban J connectivity index is 2.29. The van der Waals surface area contributed by atoms with Gasteiger partial charge in [-0.1, -0.05) is 33.6 Å². The van der Waals surface area contributed by atoms with Crippen LogP contribution in [0.4, 0.5) is 8.78 Å². The van der Waals surface area contributed by atoms with Crippen LogP contribution >= 0.6 is 27.5 Å². The van der Waals surface area contributed by atoms with Crippen molar-refractivity contribution in [3.63, 3.8) is 0 Å². The van der Waals surface area contributed by atoms with Gasteiger partial charge in [-0.3, -0.25) is 0 Å². The zero-order chi connectivity index (χ0) is 14.7. The highest BCUT2D eigenvalue weighted by atomic mass is 79.9. The van der Waals surface area contributed by atoms with E-state index in [9.17, 15) is 8.78 Å². The van der Waals surface area contributed by atoms with Crippen molar-refractivity contribution in [2.24, 2.45) is 0 Å². The van der Waals surface area contributed by atoms with Gasteiger partial charge in [0.15, 0.2) is 11.6 Å². The number of halogens is 4. The maximum Gasteiger partial charge on any atom is 0.201 e. The van der Waals surface area contributed by atoms with Gasteiger partial charge in [0.1, 0.15) is 5.75 Å². The van der Waals surface area contributed by atoms with Crippen LogP contribution in [0.25, 0.3) is 0 Å². The van der Waals surface area contributed by atoms with Crippen molar-refractivity contribution in [1.29, 1.82) is 0 Å². The summed E-state index contributed by atoms with van der Waals surface area (Å²) in [5, 5.41) is 3.47. The predicted octanol–water partition coefficient (Wildman–Crippen LogP) is 4.89. The molecule has 2 rings (SSSR count). The summed E-state index contributed by atoms with van der Waals surface area (Å²) in [7, 11) is 1.81. The summed E-state index contributed by atoms with van der Waals surface area (Å²) in [4.78, 5) is 0. The first kappa shape index (κ1) is 15.2. The van der Waals surface area contributed by atoms with Crippen molar-refractivity contribution >= 4 is 27.5 Å². The maximum atomic E-state index is 13.6.